The predicted molar refractivity (Wildman–Crippen MR) is 140 cm³/mol. The summed E-state index contributed by atoms with van der Waals surface area (Å²) in [7, 11) is 1.61. The zero-order chi connectivity index (χ0) is 27.4. The first-order chi connectivity index (χ1) is 18.0. The maximum atomic E-state index is 15.3. The summed E-state index contributed by atoms with van der Waals surface area (Å²) >= 11 is 0. The molecule has 0 aliphatic carbocycles. The van der Waals surface area contributed by atoms with Crippen LogP contribution in [0.15, 0.2) is 60.7 Å². The average molecular weight is 523 g/mol. The number of hydrogen-bond acceptors (Lipinski definition) is 6. The fraction of sp³-hybridized carbons (Fsp3) is 0.310. The lowest BCUT2D eigenvalue weighted by molar-refractivity contribution is 0.0634. The Balaban J connectivity index is 1.45. The largest absolute Gasteiger partial charge is 0.497 e. The van der Waals surface area contributed by atoms with Gasteiger partial charge < -0.3 is 18.9 Å². The number of anilines is 1. The molecule has 0 radical (unpaired) electrons. The van der Waals surface area contributed by atoms with Gasteiger partial charge >= 0.3 is 12.2 Å². The van der Waals surface area contributed by atoms with E-state index in [1.165, 1.54) is 11.0 Å². The highest BCUT2D eigenvalue weighted by Gasteiger charge is 2.32. The Bertz CT molecular complexity index is 1320. The summed E-state index contributed by atoms with van der Waals surface area (Å²) in [6.45, 7) is 7.42. The molecule has 200 valence electrons. The molecule has 1 N–H and O–H groups in total. The summed E-state index contributed by atoms with van der Waals surface area (Å²) < 4.78 is 37.2. The topological polar surface area (TPSA) is 86.3 Å². The van der Waals surface area contributed by atoms with E-state index in [9.17, 15) is 9.59 Å². The van der Waals surface area contributed by atoms with Crippen molar-refractivity contribution in [2.45, 2.75) is 52.5 Å². The van der Waals surface area contributed by atoms with E-state index in [1.807, 2.05) is 30.3 Å². The van der Waals surface area contributed by atoms with Crippen LogP contribution in [0.4, 0.5) is 19.7 Å². The second kappa shape index (κ2) is 11.0. The summed E-state index contributed by atoms with van der Waals surface area (Å²) in [4.78, 5) is 26.5. The number of hydrogen-bond donors (Lipinski definition) is 1. The molecular formula is C29H31FN2O6. The van der Waals surface area contributed by atoms with Crippen LogP contribution in [0.3, 0.4) is 0 Å². The van der Waals surface area contributed by atoms with Crippen molar-refractivity contribution in [2.24, 2.45) is 0 Å². The van der Waals surface area contributed by atoms with Gasteiger partial charge in [-0.3, -0.25) is 10.2 Å². The molecular weight excluding hydrogens is 491 g/mol. The predicted octanol–water partition coefficient (Wildman–Crippen LogP) is 6.84. The van der Waals surface area contributed by atoms with E-state index in [1.54, 1.807) is 59.1 Å². The molecule has 8 nitrogen and oxygen atoms in total. The zero-order valence-electron chi connectivity index (χ0n) is 22.0. The van der Waals surface area contributed by atoms with E-state index in [4.69, 9.17) is 18.9 Å². The fourth-order valence-electron chi connectivity index (χ4n) is 3.99. The second-order valence-corrected chi connectivity index (χ2v) is 9.91. The monoisotopic (exact) mass is 522 g/mol. The Labute approximate surface area is 221 Å². The number of carbonyl (C=O) groups is 2. The summed E-state index contributed by atoms with van der Waals surface area (Å²) in [5.74, 6) is 1.07. The van der Waals surface area contributed by atoms with Gasteiger partial charge in [-0.15, -0.1) is 0 Å². The van der Waals surface area contributed by atoms with Gasteiger partial charge in [-0.05, 0) is 63.6 Å². The van der Waals surface area contributed by atoms with Gasteiger partial charge in [0.25, 0.3) is 0 Å². The molecule has 9 heteroatoms. The minimum absolute atomic E-state index is 0.0342. The van der Waals surface area contributed by atoms with Crippen molar-refractivity contribution >= 4 is 17.9 Å². The van der Waals surface area contributed by atoms with Crippen molar-refractivity contribution in [1.82, 2.24) is 4.90 Å². The van der Waals surface area contributed by atoms with Crippen molar-refractivity contribution in [3.8, 4) is 17.2 Å². The number of methoxy groups -OCH3 is 1. The molecule has 0 saturated carbocycles. The van der Waals surface area contributed by atoms with Gasteiger partial charge in [-0.2, -0.15) is 0 Å². The molecule has 0 fully saturated rings. The van der Waals surface area contributed by atoms with Gasteiger partial charge in [0.05, 0.1) is 25.4 Å². The molecule has 4 rings (SSSR count). The Morgan fingerprint density at radius 2 is 1.82 bits per heavy atom. The third-order valence-electron chi connectivity index (χ3n) is 5.96. The highest BCUT2D eigenvalue weighted by Crippen LogP contribution is 2.36. The molecule has 1 aliphatic rings. The number of amides is 2. The van der Waals surface area contributed by atoms with Crippen molar-refractivity contribution < 1.29 is 32.9 Å². The first-order valence-corrected chi connectivity index (χ1v) is 12.2. The number of rotatable bonds is 7. The van der Waals surface area contributed by atoms with Gasteiger partial charge in [0.2, 0.25) is 0 Å². The Morgan fingerprint density at radius 3 is 2.50 bits per heavy atom. The first-order valence-electron chi connectivity index (χ1n) is 12.2. The SMILES string of the molecule is COc1ccc(COc2ccc3c(c2)OC(=O)N(C(C)c2cccc(NC(=O)OC(C)(C)C)c2F)C3)cc1. The van der Waals surface area contributed by atoms with E-state index < -0.39 is 29.6 Å². The Morgan fingerprint density at radius 1 is 1.11 bits per heavy atom. The molecule has 0 saturated heterocycles. The van der Waals surface area contributed by atoms with Crippen LogP contribution < -0.4 is 19.5 Å². The van der Waals surface area contributed by atoms with Crippen LogP contribution in [0.25, 0.3) is 0 Å². The highest BCUT2D eigenvalue weighted by atomic mass is 19.1. The maximum absolute atomic E-state index is 15.3. The van der Waals surface area contributed by atoms with Crippen LogP contribution >= 0.6 is 0 Å². The van der Waals surface area contributed by atoms with Crippen LogP contribution in [-0.4, -0.2) is 29.8 Å². The van der Waals surface area contributed by atoms with Crippen molar-refractivity contribution in [2.75, 3.05) is 12.4 Å². The number of ether oxygens (including phenoxy) is 4. The van der Waals surface area contributed by atoms with Gasteiger partial charge in [0, 0.05) is 17.2 Å². The third-order valence-corrected chi connectivity index (χ3v) is 5.96. The molecule has 1 heterocycles. The molecule has 2 amide bonds. The highest BCUT2D eigenvalue weighted by molar-refractivity contribution is 5.85. The van der Waals surface area contributed by atoms with Crippen LogP contribution in [0.5, 0.6) is 17.2 Å². The smallest absolute Gasteiger partial charge is 0.416 e. The fourth-order valence-corrected chi connectivity index (χ4v) is 3.99. The lowest BCUT2D eigenvalue weighted by Crippen LogP contribution is -2.39. The van der Waals surface area contributed by atoms with Crippen LogP contribution in [0.1, 0.15) is 50.4 Å². The number of fused-ring (bicyclic) bond motifs is 1. The van der Waals surface area contributed by atoms with Crippen LogP contribution in [-0.2, 0) is 17.9 Å². The Hall–Kier alpha value is -4.27. The number of carbonyl (C=O) groups excluding carboxylic acids is 2. The van der Waals surface area contributed by atoms with Crippen LogP contribution in [0.2, 0.25) is 0 Å². The minimum atomic E-state index is -0.766. The van der Waals surface area contributed by atoms with Crippen molar-refractivity contribution in [1.29, 1.82) is 0 Å². The van der Waals surface area contributed by atoms with Crippen molar-refractivity contribution in [3.05, 3.63) is 83.2 Å². The first kappa shape index (κ1) is 26.8. The van der Waals surface area contributed by atoms with Gasteiger partial charge in [0.15, 0.2) is 5.82 Å². The lowest BCUT2D eigenvalue weighted by Gasteiger charge is -2.33. The molecule has 1 atom stereocenters. The second-order valence-electron chi connectivity index (χ2n) is 9.91. The van der Waals surface area contributed by atoms with E-state index in [-0.39, 0.29) is 17.8 Å². The normalized spacial score (nSPS) is 13.7. The van der Waals surface area contributed by atoms with Crippen molar-refractivity contribution in [3.63, 3.8) is 0 Å². The van der Waals surface area contributed by atoms with Gasteiger partial charge in [-0.1, -0.05) is 24.3 Å². The van der Waals surface area contributed by atoms with E-state index in [0.717, 1.165) is 16.9 Å². The average Bonchev–Trinajstić information content (AvgIpc) is 2.87. The molecule has 1 aliphatic heterocycles. The molecule has 0 aromatic heterocycles. The zero-order valence-corrected chi connectivity index (χ0v) is 22.0. The van der Waals surface area contributed by atoms with Gasteiger partial charge in [0.1, 0.15) is 29.5 Å². The van der Waals surface area contributed by atoms with Gasteiger partial charge in [-0.25, -0.2) is 14.0 Å². The minimum Gasteiger partial charge on any atom is -0.497 e. The molecule has 0 spiro atoms. The number of nitrogens with one attached hydrogen (secondary N) is 1. The quantitative estimate of drug-likeness (QED) is 0.366. The lowest BCUT2D eigenvalue weighted by atomic mass is 10.0. The molecule has 3 aromatic rings. The van der Waals surface area contributed by atoms with Crippen LogP contribution in [0, 0.1) is 5.82 Å². The summed E-state index contributed by atoms with van der Waals surface area (Å²) in [5.41, 5.74) is 1.20. The summed E-state index contributed by atoms with van der Waals surface area (Å²) in [6.07, 6.45) is -1.38. The molecule has 3 aromatic carbocycles. The standard InChI is InChI=1S/C29H31FN2O6/c1-18(23-7-6-8-24(26(23)30)31-27(33)38-29(2,3)4)32-16-20-11-14-22(15-25(20)37-28(32)34)36-17-19-9-12-21(35-5)13-10-19/h6-15,18H,16-17H2,1-5H3,(H,31,33). The molecule has 1 unspecified atom stereocenters. The number of halogens is 1. The molecule has 0 bridgehead atoms. The third kappa shape index (κ3) is 6.34. The summed E-state index contributed by atoms with van der Waals surface area (Å²) in [5, 5.41) is 2.44. The number of nitrogens with zero attached hydrogens (tertiary/aromatic N) is 1. The molecule has 38 heavy (non-hydrogen) atoms. The Kier molecular flexibility index (Phi) is 7.75. The number of benzene rings is 3. The maximum Gasteiger partial charge on any atom is 0.416 e. The van der Waals surface area contributed by atoms with E-state index >= 15 is 4.39 Å². The van der Waals surface area contributed by atoms with E-state index in [0.29, 0.717) is 18.1 Å². The van der Waals surface area contributed by atoms with E-state index in [2.05, 4.69) is 5.32 Å². The summed E-state index contributed by atoms with van der Waals surface area (Å²) in [6, 6.07) is 16.8.